The van der Waals surface area contributed by atoms with Gasteiger partial charge in [0.15, 0.2) is 0 Å². The summed E-state index contributed by atoms with van der Waals surface area (Å²) in [5.41, 5.74) is 6.39. The summed E-state index contributed by atoms with van der Waals surface area (Å²) in [6.45, 7) is 0. The van der Waals surface area contributed by atoms with Gasteiger partial charge in [0.2, 0.25) is 5.13 Å². The summed E-state index contributed by atoms with van der Waals surface area (Å²) in [6, 6.07) is 18.5. The van der Waals surface area contributed by atoms with Crippen LogP contribution in [-0.2, 0) is 6.42 Å². The van der Waals surface area contributed by atoms with Gasteiger partial charge in [-0.15, -0.1) is 11.3 Å². The van der Waals surface area contributed by atoms with Crippen LogP contribution in [0.4, 0.5) is 5.13 Å². The van der Waals surface area contributed by atoms with E-state index in [1.165, 1.54) is 5.56 Å². The van der Waals surface area contributed by atoms with E-state index in [9.17, 15) is 0 Å². The number of aromatic nitrogens is 1. The first-order chi connectivity index (χ1) is 11.3. The van der Waals surface area contributed by atoms with Crippen LogP contribution >= 0.6 is 27.3 Å². The van der Waals surface area contributed by atoms with Gasteiger partial charge in [0.1, 0.15) is 0 Å². The molecule has 3 rings (SSSR count). The number of hydrogen-bond donors (Lipinski definition) is 1. The Morgan fingerprint density at radius 1 is 1.09 bits per heavy atom. The van der Waals surface area contributed by atoms with Gasteiger partial charge in [-0.3, -0.25) is 5.43 Å². The Morgan fingerprint density at radius 2 is 1.87 bits per heavy atom. The second-order valence-corrected chi connectivity index (χ2v) is 6.77. The van der Waals surface area contributed by atoms with Gasteiger partial charge in [0.25, 0.3) is 0 Å². The predicted molar refractivity (Wildman–Crippen MR) is 102 cm³/mol. The molecule has 0 saturated heterocycles. The average Bonchev–Trinajstić information content (AvgIpc) is 3.05. The van der Waals surface area contributed by atoms with Gasteiger partial charge >= 0.3 is 0 Å². The van der Waals surface area contributed by atoms with Crippen LogP contribution in [0.25, 0.3) is 11.3 Å². The molecule has 0 unspecified atom stereocenters. The van der Waals surface area contributed by atoms with E-state index in [-0.39, 0.29) is 0 Å². The van der Waals surface area contributed by atoms with Crippen molar-refractivity contribution < 1.29 is 0 Å². The molecule has 3 aromatic rings. The average molecular weight is 386 g/mol. The molecular formula is C18H16BrN3S. The topological polar surface area (TPSA) is 37.3 Å². The van der Waals surface area contributed by atoms with Crippen LogP contribution in [0.3, 0.4) is 0 Å². The fourth-order valence-corrected chi connectivity index (χ4v) is 3.05. The van der Waals surface area contributed by atoms with E-state index in [4.69, 9.17) is 0 Å². The largest absolute Gasteiger partial charge is 0.253 e. The van der Waals surface area contributed by atoms with E-state index < -0.39 is 0 Å². The molecule has 23 heavy (non-hydrogen) atoms. The zero-order chi connectivity index (χ0) is 15.9. The minimum absolute atomic E-state index is 0.805. The van der Waals surface area contributed by atoms with Crippen molar-refractivity contribution in [2.75, 3.05) is 5.43 Å². The molecule has 0 saturated carbocycles. The first-order valence-corrected chi connectivity index (χ1v) is 9.01. The maximum atomic E-state index is 4.54. The van der Waals surface area contributed by atoms with Gasteiger partial charge in [0.05, 0.1) is 5.69 Å². The van der Waals surface area contributed by atoms with E-state index in [2.05, 4.69) is 55.7 Å². The van der Waals surface area contributed by atoms with Crippen molar-refractivity contribution in [3.63, 3.8) is 0 Å². The molecule has 0 radical (unpaired) electrons. The molecule has 116 valence electrons. The van der Waals surface area contributed by atoms with Gasteiger partial charge in [-0.25, -0.2) is 4.98 Å². The smallest absolute Gasteiger partial charge is 0.203 e. The van der Waals surface area contributed by atoms with Crippen LogP contribution in [0.15, 0.2) is 69.6 Å². The van der Waals surface area contributed by atoms with Gasteiger partial charge in [-0.1, -0.05) is 58.4 Å². The Kier molecular flexibility index (Phi) is 5.56. The quantitative estimate of drug-likeness (QED) is 0.442. The Morgan fingerprint density at radius 3 is 2.65 bits per heavy atom. The molecule has 0 aliphatic heterocycles. The van der Waals surface area contributed by atoms with Crippen molar-refractivity contribution >= 4 is 38.6 Å². The minimum atomic E-state index is 0.805. The van der Waals surface area contributed by atoms with E-state index in [0.717, 1.165) is 33.7 Å². The third kappa shape index (κ3) is 4.74. The molecule has 5 heteroatoms. The number of nitrogens with one attached hydrogen (secondary N) is 1. The van der Waals surface area contributed by atoms with Crippen LogP contribution in [0.5, 0.6) is 0 Å². The van der Waals surface area contributed by atoms with E-state index in [0.29, 0.717) is 0 Å². The highest BCUT2D eigenvalue weighted by molar-refractivity contribution is 9.10. The first-order valence-electron chi connectivity index (χ1n) is 7.34. The molecule has 0 aliphatic carbocycles. The first kappa shape index (κ1) is 15.9. The molecule has 0 atom stereocenters. The fraction of sp³-hybridized carbons (Fsp3) is 0.111. The third-order valence-corrected chi connectivity index (χ3v) is 4.58. The van der Waals surface area contributed by atoms with Crippen molar-refractivity contribution in [2.45, 2.75) is 12.8 Å². The highest BCUT2D eigenvalue weighted by Crippen LogP contribution is 2.25. The van der Waals surface area contributed by atoms with Crippen LogP contribution in [0.2, 0.25) is 0 Å². The Bertz CT molecular complexity index is 766. The normalized spacial score (nSPS) is 11.0. The molecule has 0 spiro atoms. The van der Waals surface area contributed by atoms with Gasteiger partial charge in [-0.05, 0) is 30.5 Å². The maximum Gasteiger partial charge on any atom is 0.203 e. The van der Waals surface area contributed by atoms with Crippen molar-refractivity contribution in [1.82, 2.24) is 4.98 Å². The highest BCUT2D eigenvalue weighted by atomic mass is 79.9. The summed E-state index contributed by atoms with van der Waals surface area (Å²) >= 11 is 4.99. The summed E-state index contributed by atoms with van der Waals surface area (Å²) in [5.74, 6) is 0. The lowest BCUT2D eigenvalue weighted by molar-refractivity contribution is 1.05. The van der Waals surface area contributed by atoms with Crippen molar-refractivity contribution in [1.29, 1.82) is 0 Å². The third-order valence-electron chi connectivity index (χ3n) is 3.30. The molecule has 0 aliphatic rings. The van der Waals surface area contributed by atoms with Crippen LogP contribution in [0, 0.1) is 0 Å². The molecule has 2 aromatic carbocycles. The van der Waals surface area contributed by atoms with Crippen molar-refractivity contribution in [3.05, 3.63) is 70.0 Å². The monoisotopic (exact) mass is 385 g/mol. The molecule has 3 nitrogen and oxygen atoms in total. The number of halogens is 1. The molecular weight excluding hydrogens is 370 g/mol. The Labute approximate surface area is 148 Å². The number of benzene rings is 2. The number of aryl methyl sites for hydroxylation is 1. The Balaban J connectivity index is 1.51. The van der Waals surface area contributed by atoms with Crippen LogP contribution in [-0.4, -0.2) is 11.2 Å². The number of hydrazone groups is 1. The summed E-state index contributed by atoms with van der Waals surface area (Å²) in [4.78, 5) is 4.54. The van der Waals surface area contributed by atoms with Crippen LogP contribution in [0.1, 0.15) is 12.0 Å². The van der Waals surface area contributed by atoms with Crippen molar-refractivity contribution in [2.24, 2.45) is 5.10 Å². The number of hydrogen-bond acceptors (Lipinski definition) is 4. The molecule has 0 bridgehead atoms. The molecule has 1 aromatic heterocycles. The summed E-state index contributed by atoms with van der Waals surface area (Å²) in [7, 11) is 0. The van der Waals surface area contributed by atoms with E-state index in [1.807, 2.05) is 41.9 Å². The van der Waals surface area contributed by atoms with Gasteiger partial charge in [0, 0.05) is 21.6 Å². The summed E-state index contributed by atoms with van der Waals surface area (Å²) in [5, 5.41) is 7.08. The summed E-state index contributed by atoms with van der Waals surface area (Å²) < 4.78 is 1.07. The highest BCUT2D eigenvalue weighted by Gasteiger charge is 2.03. The fourth-order valence-electron chi connectivity index (χ4n) is 2.12. The lowest BCUT2D eigenvalue weighted by Crippen LogP contribution is -1.91. The van der Waals surface area contributed by atoms with E-state index >= 15 is 0 Å². The molecule has 0 amide bonds. The second kappa shape index (κ2) is 8.04. The maximum absolute atomic E-state index is 4.54. The lowest BCUT2D eigenvalue weighted by Gasteiger charge is -1.97. The number of thiazole rings is 1. The molecule has 0 fully saturated rings. The van der Waals surface area contributed by atoms with Crippen molar-refractivity contribution in [3.8, 4) is 11.3 Å². The Hall–Kier alpha value is -1.98. The standard InChI is InChI=1S/C18H16BrN3S/c19-16-10-8-15(9-11-16)17-13-23-18(21-17)22-20-12-4-7-14-5-2-1-3-6-14/h1-3,5-6,8-13H,4,7H2,(H,21,22). The van der Waals surface area contributed by atoms with Gasteiger partial charge < -0.3 is 0 Å². The zero-order valence-corrected chi connectivity index (χ0v) is 14.8. The SMILES string of the molecule is Brc1ccc(-c2csc(NN=CCCc3ccccc3)n2)cc1. The number of rotatable bonds is 6. The molecule has 1 N–H and O–H groups in total. The predicted octanol–water partition coefficient (Wildman–Crippen LogP) is 5.60. The number of anilines is 1. The van der Waals surface area contributed by atoms with Gasteiger partial charge in [-0.2, -0.15) is 5.10 Å². The summed E-state index contributed by atoms with van der Waals surface area (Å²) in [6.07, 6.45) is 3.80. The second-order valence-electron chi connectivity index (χ2n) is 4.99. The van der Waals surface area contributed by atoms with E-state index in [1.54, 1.807) is 11.3 Å². The lowest BCUT2D eigenvalue weighted by atomic mass is 10.1. The minimum Gasteiger partial charge on any atom is -0.253 e. The van der Waals surface area contributed by atoms with Crippen LogP contribution < -0.4 is 5.43 Å². The number of nitrogens with zero attached hydrogens (tertiary/aromatic N) is 2. The zero-order valence-electron chi connectivity index (χ0n) is 12.4. The molecule has 1 heterocycles.